The van der Waals surface area contributed by atoms with Gasteiger partial charge in [-0.3, -0.25) is 4.79 Å². The minimum absolute atomic E-state index is 0.0106. The first-order valence-electron chi connectivity index (χ1n) is 5.75. The Hall–Kier alpha value is -2.02. The minimum atomic E-state index is 0.0106. The Labute approximate surface area is 114 Å². The van der Waals surface area contributed by atoms with Gasteiger partial charge >= 0.3 is 0 Å². The Morgan fingerprint density at radius 2 is 2.16 bits per heavy atom. The summed E-state index contributed by atoms with van der Waals surface area (Å²) in [6.07, 6.45) is 0. The number of benzene rings is 1. The van der Waals surface area contributed by atoms with Crippen LogP contribution in [0.15, 0.2) is 29.4 Å². The van der Waals surface area contributed by atoms with Gasteiger partial charge in [-0.2, -0.15) is 4.98 Å². The lowest BCUT2D eigenvalue weighted by Gasteiger charge is -2.03. The monoisotopic (exact) mass is 278 g/mol. The second-order valence-corrected chi connectivity index (χ2v) is 4.61. The third kappa shape index (κ3) is 3.72. The first-order valence-corrected chi connectivity index (χ1v) is 6.74. The number of ketones is 1. The zero-order chi connectivity index (χ0) is 13.7. The van der Waals surface area contributed by atoms with Crippen molar-refractivity contribution >= 4 is 23.5 Å². The number of hydrogen-bond donors (Lipinski definition) is 2. The van der Waals surface area contributed by atoms with E-state index in [4.69, 9.17) is 10.5 Å². The van der Waals surface area contributed by atoms with Gasteiger partial charge in [0, 0.05) is 5.56 Å². The first kappa shape index (κ1) is 13.4. The number of ether oxygens (including phenoxy) is 1. The summed E-state index contributed by atoms with van der Waals surface area (Å²) in [5, 5.41) is 6.84. The number of H-pyrrole nitrogens is 1. The number of carbonyl (C=O) groups excluding carboxylic acids is 1. The van der Waals surface area contributed by atoms with Crippen LogP contribution >= 0.6 is 11.8 Å². The van der Waals surface area contributed by atoms with Gasteiger partial charge in [0.1, 0.15) is 5.75 Å². The molecule has 0 spiro atoms. The number of hydrogen-bond acceptors (Lipinski definition) is 6. The van der Waals surface area contributed by atoms with Gasteiger partial charge in [0.15, 0.2) is 5.78 Å². The van der Waals surface area contributed by atoms with Crippen LogP contribution in [0.2, 0.25) is 0 Å². The van der Waals surface area contributed by atoms with Gasteiger partial charge in [0.25, 0.3) is 0 Å². The summed E-state index contributed by atoms with van der Waals surface area (Å²) in [6.45, 7) is 2.52. The van der Waals surface area contributed by atoms with Crippen LogP contribution in [0.5, 0.6) is 5.75 Å². The highest BCUT2D eigenvalue weighted by Gasteiger charge is 2.09. The molecule has 100 valence electrons. The number of Topliss-reactive ketones (excluding diaryl/α,β-unsaturated/α-hetero) is 1. The predicted molar refractivity (Wildman–Crippen MR) is 73.5 cm³/mol. The van der Waals surface area contributed by atoms with Crippen LogP contribution < -0.4 is 10.5 Å². The molecule has 3 N–H and O–H groups in total. The van der Waals surface area contributed by atoms with Crippen LogP contribution in [-0.2, 0) is 0 Å². The molecule has 2 rings (SSSR count). The van der Waals surface area contributed by atoms with Gasteiger partial charge in [-0.15, -0.1) is 5.10 Å². The Bertz CT molecular complexity index is 553. The number of aromatic amines is 1. The van der Waals surface area contributed by atoms with Crippen molar-refractivity contribution in [3.8, 4) is 5.75 Å². The van der Waals surface area contributed by atoms with Crippen LogP contribution in [0, 0.1) is 0 Å². The fourth-order valence-corrected chi connectivity index (χ4v) is 2.14. The Morgan fingerprint density at radius 3 is 2.74 bits per heavy atom. The van der Waals surface area contributed by atoms with E-state index in [1.54, 1.807) is 24.3 Å². The standard InChI is InChI=1S/C12H14N4O2S/c1-2-18-9-5-3-8(4-6-9)10(17)7-19-12-14-11(13)15-16-12/h3-6H,2,7H2,1H3,(H3,13,14,15,16). The van der Waals surface area contributed by atoms with E-state index in [0.29, 0.717) is 17.3 Å². The lowest BCUT2D eigenvalue weighted by Crippen LogP contribution is -2.02. The van der Waals surface area contributed by atoms with E-state index in [1.165, 1.54) is 11.8 Å². The second-order valence-electron chi connectivity index (χ2n) is 3.67. The number of nitrogens with one attached hydrogen (secondary N) is 1. The number of aromatic nitrogens is 3. The normalized spacial score (nSPS) is 10.4. The molecule has 2 aromatic rings. The molecule has 0 radical (unpaired) electrons. The average Bonchev–Trinajstić information content (AvgIpc) is 2.83. The van der Waals surface area contributed by atoms with Crippen molar-refractivity contribution in [2.75, 3.05) is 18.1 Å². The lowest BCUT2D eigenvalue weighted by atomic mass is 10.1. The number of carbonyl (C=O) groups is 1. The highest BCUT2D eigenvalue weighted by Crippen LogP contribution is 2.17. The molecule has 1 aromatic heterocycles. The molecule has 1 heterocycles. The summed E-state index contributed by atoms with van der Waals surface area (Å²) in [5.74, 6) is 1.28. The Morgan fingerprint density at radius 1 is 1.42 bits per heavy atom. The van der Waals surface area contributed by atoms with Gasteiger partial charge in [0.05, 0.1) is 12.4 Å². The van der Waals surface area contributed by atoms with Crippen LogP contribution in [0.1, 0.15) is 17.3 Å². The number of anilines is 1. The van der Waals surface area contributed by atoms with E-state index in [-0.39, 0.29) is 17.5 Å². The van der Waals surface area contributed by atoms with Crippen molar-refractivity contribution < 1.29 is 9.53 Å². The Balaban J connectivity index is 1.92. The zero-order valence-electron chi connectivity index (χ0n) is 10.4. The predicted octanol–water partition coefficient (Wildman–Crippen LogP) is 1.76. The molecule has 0 bridgehead atoms. The lowest BCUT2D eigenvalue weighted by molar-refractivity contribution is 0.102. The van der Waals surface area contributed by atoms with Crippen molar-refractivity contribution in [1.29, 1.82) is 0 Å². The molecule has 0 aliphatic heterocycles. The maximum absolute atomic E-state index is 11.9. The molecule has 0 saturated carbocycles. The smallest absolute Gasteiger partial charge is 0.216 e. The van der Waals surface area contributed by atoms with Gasteiger partial charge in [-0.05, 0) is 31.2 Å². The number of rotatable bonds is 6. The number of nitrogens with two attached hydrogens (primary N) is 1. The van der Waals surface area contributed by atoms with E-state index in [1.807, 2.05) is 6.92 Å². The third-order valence-electron chi connectivity index (χ3n) is 2.30. The first-order chi connectivity index (χ1) is 9.19. The molecule has 19 heavy (non-hydrogen) atoms. The van der Waals surface area contributed by atoms with Crippen molar-refractivity contribution in [3.05, 3.63) is 29.8 Å². The summed E-state index contributed by atoms with van der Waals surface area (Å²) >= 11 is 1.24. The van der Waals surface area contributed by atoms with Crippen molar-refractivity contribution in [2.24, 2.45) is 0 Å². The highest BCUT2D eigenvalue weighted by atomic mass is 32.2. The van der Waals surface area contributed by atoms with Crippen LogP contribution in [0.3, 0.4) is 0 Å². The topological polar surface area (TPSA) is 93.9 Å². The second kappa shape index (κ2) is 6.24. The summed E-state index contributed by atoms with van der Waals surface area (Å²) < 4.78 is 5.32. The third-order valence-corrected chi connectivity index (χ3v) is 3.15. The molecule has 6 nitrogen and oxygen atoms in total. The molecule has 0 unspecified atom stereocenters. The Kier molecular flexibility index (Phi) is 4.40. The molecule has 0 aliphatic carbocycles. The molecular formula is C12H14N4O2S. The quantitative estimate of drug-likeness (QED) is 0.617. The molecule has 0 amide bonds. The largest absolute Gasteiger partial charge is 0.494 e. The molecule has 0 fully saturated rings. The van der Waals surface area contributed by atoms with Crippen LogP contribution in [0.4, 0.5) is 5.95 Å². The van der Waals surface area contributed by atoms with Crippen molar-refractivity contribution in [1.82, 2.24) is 15.2 Å². The molecule has 0 saturated heterocycles. The molecule has 0 atom stereocenters. The minimum Gasteiger partial charge on any atom is -0.494 e. The van der Waals surface area contributed by atoms with E-state index in [2.05, 4.69) is 15.2 Å². The van der Waals surface area contributed by atoms with Gasteiger partial charge in [0.2, 0.25) is 11.1 Å². The number of nitrogen functional groups attached to an aromatic ring is 1. The maximum Gasteiger partial charge on any atom is 0.216 e. The van der Waals surface area contributed by atoms with E-state index >= 15 is 0 Å². The van der Waals surface area contributed by atoms with Gasteiger partial charge in [-0.25, -0.2) is 5.10 Å². The van der Waals surface area contributed by atoms with E-state index in [0.717, 1.165) is 5.75 Å². The van der Waals surface area contributed by atoms with E-state index < -0.39 is 0 Å². The number of thioether (sulfide) groups is 1. The SMILES string of the molecule is CCOc1ccc(C(=O)CSc2n[nH]c(N)n2)cc1. The zero-order valence-corrected chi connectivity index (χ0v) is 11.2. The van der Waals surface area contributed by atoms with Crippen molar-refractivity contribution in [2.45, 2.75) is 12.1 Å². The number of nitrogens with zero attached hydrogens (tertiary/aromatic N) is 2. The maximum atomic E-state index is 11.9. The van der Waals surface area contributed by atoms with E-state index in [9.17, 15) is 4.79 Å². The fraction of sp³-hybridized carbons (Fsp3) is 0.250. The molecular weight excluding hydrogens is 264 g/mol. The highest BCUT2D eigenvalue weighted by molar-refractivity contribution is 7.99. The fourth-order valence-electron chi connectivity index (χ4n) is 1.44. The summed E-state index contributed by atoms with van der Waals surface area (Å²) in [5.41, 5.74) is 6.04. The summed E-state index contributed by atoms with van der Waals surface area (Å²) in [4.78, 5) is 15.9. The summed E-state index contributed by atoms with van der Waals surface area (Å²) in [7, 11) is 0. The van der Waals surface area contributed by atoms with Crippen LogP contribution in [-0.4, -0.2) is 33.3 Å². The molecule has 0 aliphatic rings. The van der Waals surface area contributed by atoms with Gasteiger partial charge < -0.3 is 10.5 Å². The van der Waals surface area contributed by atoms with Crippen LogP contribution in [0.25, 0.3) is 0 Å². The summed E-state index contributed by atoms with van der Waals surface area (Å²) in [6, 6.07) is 7.07. The van der Waals surface area contributed by atoms with Crippen molar-refractivity contribution in [3.63, 3.8) is 0 Å². The molecule has 7 heteroatoms. The average molecular weight is 278 g/mol. The van der Waals surface area contributed by atoms with Gasteiger partial charge in [-0.1, -0.05) is 11.8 Å². The molecule has 1 aromatic carbocycles.